The van der Waals surface area contributed by atoms with Crippen molar-refractivity contribution in [3.05, 3.63) is 10.6 Å². The van der Waals surface area contributed by atoms with Crippen LogP contribution in [-0.2, 0) is 6.61 Å². The highest BCUT2D eigenvalue weighted by molar-refractivity contribution is 7.15. The Balaban J connectivity index is 3.04. The highest BCUT2D eigenvalue weighted by Crippen LogP contribution is 2.34. The Morgan fingerprint density at radius 2 is 1.83 bits per heavy atom. The fourth-order valence-corrected chi connectivity index (χ4v) is 2.93. The number of aliphatic hydroxyl groups is 1. The lowest BCUT2D eigenvalue weighted by Crippen LogP contribution is -2.39. The fourth-order valence-electron chi connectivity index (χ4n) is 1.81. The van der Waals surface area contributed by atoms with Crippen molar-refractivity contribution in [2.24, 2.45) is 5.41 Å². The molecule has 0 aromatic carbocycles. The molecule has 1 aromatic heterocycles. The third kappa shape index (κ3) is 3.23. The lowest BCUT2D eigenvalue weighted by Gasteiger charge is -2.35. The Bertz CT molecular complexity index is 393. The molecule has 0 fully saturated rings. The summed E-state index contributed by atoms with van der Waals surface area (Å²) >= 11 is 1.61. The molecule has 4 heteroatoms. The standard InChI is InChI=1S/C14H26N2OS/c1-9(2)12-11(8-17)18-13(15-12)16(7)10(3)14(4,5)6/h9-10,17H,8H2,1-7H3. The minimum absolute atomic E-state index is 0.0862. The number of thiazole rings is 1. The van der Waals surface area contributed by atoms with Gasteiger partial charge in [-0.2, -0.15) is 0 Å². The van der Waals surface area contributed by atoms with E-state index in [0.717, 1.165) is 15.7 Å². The Kier molecular flexibility index (Phi) is 4.78. The summed E-state index contributed by atoms with van der Waals surface area (Å²) in [6.45, 7) is 13.2. The minimum Gasteiger partial charge on any atom is -0.391 e. The van der Waals surface area contributed by atoms with E-state index in [9.17, 15) is 5.11 Å². The first-order valence-corrected chi connectivity index (χ1v) is 7.33. The van der Waals surface area contributed by atoms with Gasteiger partial charge >= 0.3 is 0 Å². The lowest BCUT2D eigenvalue weighted by atomic mass is 9.87. The number of nitrogens with zero attached hydrogens (tertiary/aromatic N) is 2. The van der Waals surface area contributed by atoms with Crippen LogP contribution in [0.4, 0.5) is 5.13 Å². The van der Waals surface area contributed by atoms with Crippen LogP contribution in [-0.4, -0.2) is 23.2 Å². The molecule has 0 aliphatic rings. The number of hydrogen-bond acceptors (Lipinski definition) is 4. The molecule has 1 aromatic rings. The molecule has 0 aliphatic carbocycles. The average molecular weight is 270 g/mol. The van der Waals surface area contributed by atoms with E-state index in [2.05, 4.69) is 53.5 Å². The molecule has 1 heterocycles. The largest absolute Gasteiger partial charge is 0.391 e. The normalized spacial score (nSPS) is 14.1. The van der Waals surface area contributed by atoms with Crippen molar-refractivity contribution in [2.45, 2.75) is 60.1 Å². The monoisotopic (exact) mass is 270 g/mol. The van der Waals surface area contributed by atoms with Crippen molar-refractivity contribution < 1.29 is 5.11 Å². The van der Waals surface area contributed by atoms with Crippen molar-refractivity contribution in [1.29, 1.82) is 0 Å². The SMILES string of the molecule is CC(C)c1nc(N(C)C(C)C(C)(C)C)sc1CO. The highest BCUT2D eigenvalue weighted by Gasteiger charge is 2.26. The molecule has 0 spiro atoms. The van der Waals surface area contributed by atoms with Crippen molar-refractivity contribution in [3.63, 3.8) is 0 Å². The topological polar surface area (TPSA) is 36.4 Å². The van der Waals surface area contributed by atoms with Gasteiger partial charge in [0, 0.05) is 13.1 Å². The molecule has 1 rings (SSSR count). The number of anilines is 1. The molecule has 0 saturated heterocycles. The Hall–Kier alpha value is -0.610. The van der Waals surface area contributed by atoms with Crippen LogP contribution in [0.3, 0.4) is 0 Å². The first-order chi connectivity index (χ1) is 8.18. The molecule has 104 valence electrons. The van der Waals surface area contributed by atoms with Crippen molar-refractivity contribution in [3.8, 4) is 0 Å². The molecule has 0 bridgehead atoms. The summed E-state index contributed by atoms with van der Waals surface area (Å²) in [5.74, 6) is 0.357. The van der Waals surface area contributed by atoms with Gasteiger partial charge in [-0.3, -0.25) is 0 Å². The van der Waals surface area contributed by atoms with Gasteiger partial charge in [0.05, 0.1) is 17.2 Å². The molecule has 1 N–H and O–H groups in total. The summed E-state index contributed by atoms with van der Waals surface area (Å²) in [5, 5.41) is 10.4. The summed E-state index contributed by atoms with van der Waals surface area (Å²) in [6.07, 6.45) is 0. The Morgan fingerprint density at radius 1 is 1.28 bits per heavy atom. The number of aliphatic hydroxyl groups excluding tert-OH is 1. The maximum absolute atomic E-state index is 9.41. The molecular formula is C14H26N2OS. The van der Waals surface area contributed by atoms with Crippen LogP contribution in [0.15, 0.2) is 0 Å². The summed E-state index contributed by atoms with van der Waals surface area (Å²) in [6, 6.07) is 0.398. The molecule has 3 nitrogen and oxygen atoms in total. The van der Waals surface area contributed by atoms with Gasteiger partial charge in [0.2, 0.25) is 0 Å². The zero-order valence-corrected chi connectivity index (χ0v) is 13.4. The first kappa shape index (κ1) is 15.4. The maximum atomic E-state index is 9.41. The van der Waals surface area contributed by atoms with Gasteiger partial charge in [-0.15, -0.1) is 0 Å². The second kappa shape index (κ2) is 5.57. The van der Waals surface area contributed by atoms with Crippen LogP contribution in [0.5, 0.6) is 0 Å². The van der Waals surface area contributed by atoms with Gasteiger partial charge in [0.15, 0.2) is 5.13 Å². The molecule has 1 unspecified atom stereocenters. The minimum atomic E-state index is 0.0862. The summed E-state index contributed by atoms with van der Waals surface area (Å²) in [7, 11) is 2.08. The van der Waals surface area contributed by atoms with Gasteiger partial charge in [-0.1, -0.05) is 46.0 Å². The number of rotatable bonds is 4. The van der Waals surface area contributed by atoms with Gasteiger partial charge in [0.25, 0.3) is 0 Å². The molecule has 0 saturated carbocycles. The zero-order chi connectivity index (χ0) is 14.1. The zero-order valence-electron chi connectivity index (χ0n) is 12.6. The molecular weight excluding hydrogens is 244 g/mol. The highest BCUT2D eigenvalue weighted by atomic mass is 32.1. The van der Waals surface area contributed by atoms with E-state index in [1.54, 1.807) is 11.3 Å². The molecule has 0 radical (unpaired) electrons. The molecule has 18 heavy (non-hydrogen) atoms. The second-order valence-corrected chi connectivity index (χ2v) is 7.33. The quantitative estimate of drug-likeness (QED) is 0.907. The predicted molar refractivity (Wildman–Crippen MR) is 79.4 cm³/mol. The lowest BCUT2D eigenvalue weighted by molar-refractivity contribution is 0.283. The second-order valence-electron chi connectivity index (χ2n) is 6.27. The number of aromatic nitrogens is 1. The third-order valence-electron chi connectivity index (χ3n) is 3.54. The van der Waals surface area contributed by atoms with E-state index in [0.29, 0.717) is 12.0 Å². The van der Waals surface area contributed by atoms with Crippen LogP contribution in [0.1, 0.15) is 58.0 Å². The van der Waals surface area contributed by atoms with E-state index in [1.165, 1.54) is 0 Å². The van der Waals surface area contributed by atoms with E-state index >= 15 is 0 Å². The van der Waals surface area contributed by atoms with Crippen LogP contribution < -0.4 is 4.90 Å². The fraction of sp³-hybridized carbons (Fsp3) is 0.786. The molecule has 1 atom stereocenters. The van der Waals surface area contributed by atoms with Crippen LogP contribution >= 0.6 is 11.3 Å². The van der Waals surface area contributed by atoms with E-state index < -0.39 is 0 Å². The van der Waals surface area contributed by atoms with Gasteiger partial charge in [0.1, 0.15) is 0 Å². The smallest absolute Gasteiger partial charge is 0.185 e. The summed E-state index contributed by atoms with van der Waals surface area (Å²) in [5.41, 5.74) is 1.24. The van der Waals surface area contributed by atoms with E-state index in [-0.39, 0.29) is 12.0 Å². The summed E-state index contributed by atoms with van der Waals surface area (Å²) < 4.78 is 0. The van der Waals surface area contributed by atoms with Crippen LogP contribution in [0, 0.1) is 5.41 Å². The number of hydrogen-bond donors (Lipinski definition) is 1. The van der Waals surface area contributed by atoms with Crippen molar-refractivity contribution in [1.82, 2.24) is 4.98 Å². The third-order valence-corrected chi connectivity index (χ3v) is 4.69. The maximum Gasteiger partial charge on any atom is 0.185 e. The van der Waals surface area contributed by atoms with E-state index in [1.807, 2.05) is 0 Å². The van der Waals surface area contributed by atoms with Crippen LogP contribution in [0.25, 0.3) is 0 Å². The van der Waals surface area contributed by atoms with Gasteiger partial charge in [-0.05, 0) is 18.3 Å². The molecule has 0 amide bonds. The predicted octanol–water partition coefficient (Wildman–Crippen LogP) is 3.63. The summed E-state index contributed by atoms with van der Waals surface area (Å²) in [4.78, 5) is 7.91. The first-order valence-electron chi connectivity index (χ1n) is 6.51. The van der Waals surface area contributed by atoms with Crippen LogP contribution in [0.2, 0.25) is 0 Å². The molecule has 0 aliphatic heterocycles. The van der Waals surface area contributed by atoms with Gasteiger partial charge in [-0.25, -0.2) is 4.98 Å². The van der Waals surface area contributed by atoms with Crippen molar-refractivity contribution >= 4 is 16.5 Å². The van der Waals surface area contributed by atoms with Gasteiger partial charge < -0.3 is 10.0 Å². The van der Waals surface area contributed by atoms with E-state index in [4.69, 9.17) is 4.98 Å². The Labute approximate surface area is 115 Å². The average Bonchev–Trinajstić information content (AvgIpc) is 2.69. The van der Waals surface area contributed by atoms with Crippen molar-refractivity contribution in [2.75, 3.05) is 11.9 Å². The Morgan fingerprint density at radius 3 is 2.17 bits per heavy atom.